The van der Waals surface area contributed by atoms with E-state index in [9.17, 15) is 4.79 Å². The third-order valence-electron chi connectivity index (χ3n) is 6.70. The van der Waals surface area contributed by atoms with Crippen LogP contribution in [0.4, 0.5) is 0 Å². The molecule has 5 nitrogen and oxygen atoms in total. The van der Waals surface area contributed by atoms with Crippen molar-refractivity contribution in [3.8, 4) is 5.88 Å². The van der Waals surface area contributed by atoms with E-state index in [2.05, 4.69) is 9.88 Å². The van der Waals surface area contributed by atoms with Gasteiger partial charge in [0.15, 0.2) is 0 Å². The number of aromatic nitrogens is 1. The third-order valence-corrected chi connectivity index (χ3v) is 6.70. The van der Waals surface area contributed by atoms with Crippen molar-refractivity contribution < 1.29 is 14.3 Å². The van der Waals surface area contributed by atoms with Crippen molar-refractivity contribution in [1.82, 2.24) is 9.88 Å². The summed E-state index contributed by atoms with van der Waals surface area (Å²) in [5, 5.41) is 0. The first-order chi connectivity index (χ1) is 12.7. The lowest BCUT2D eigenvalue weighted by atomic mass is 9.78. The molecular weight excluding hydrogens is 328 g/mol. The summed E-state index contributed by atoms with van der Waals surface area (Å²) >= 11 is 0. The number of hydrogen-bond donors (Lipinski definition) is 0. The quantitative estimate of drug-likeness (QED) is 0.825. The van der Waals surface area contributed by atoms with E-state index in [0.29, 0.717) is 11.8 Å². The highest BCUT2D eigenvalue weighted by Gasteiger charge is 2.53. The minimum absolute atomic E-state index is 0.0953. The summed E-state index contributed by atoms with van der Waals surface area (Å²) in [6.45, 7) is 0.824. The van der Waals surface area contributed by atoms with Crippen molar-refractivity contribution >= 4 is 5.91 Å². The SMILES string of the molecule is COC12CCC(Oc3ccccn3)CC1N(C(=O)C1CCCCC1)CC2. The van der Waals surface area contributed by atoms with Gasteiger partial charge in [-0.25, -0.2) is 4.98 Å². The Hall–Kier alpha value is -1.62. The molecule has 26 heavy (non-hydrogen) atoms. The van der Waals surface area contributed by atoms with E-state index < -0.39 is 0 Å². The molecule has 5 heteroatoms. The fourth-order valence-electron chi connectivity index (χ4n) is 5.20. The molecule has 3 unspecified atom stereocenters. The first-order valence-corrected chi connectivity index (χ1v) is 10.2. The average Bonchev–Trinajstić information content (AvgIpc) is 3.08. The first-order valence-electron chi connectivity index (χ1n) is 10.2. The second-order valence-corrected chi connectivity index (χ2v) is 8.08. The average molecular weight is 358 g/mol. The maximum absolute atomic E-state index is 13.2. The molecule has 1 aliphatic heterocycles. The fraction of sp³-hybridized carbons (Fsp3) is 0.714. The van der Waals surface area contributed by atoms with Gasteiger partial charge in [0.05, 0.1) is 11.6 Å². The second-order valence-electron chi connectivity index (χ2n) is 8.08. The van der Waals surface area contributed by atoms with Crippen molar-refractivity contribution in [3.05, 3.63) is 24.4 Å². The van der Waals surface area contributed by atoms with E-state index in [0.717, 1.165) is 45.1 Å². The van der Waals surface area contributed by atoms with Crippen LogP contribution in [0.25, 0.3) is 0 Å². The van der Waals surface area contributed by atoms with Crippen molar-refractivity contribution in [2.24, 2.45) is 5.92 Å². The number of likely N-dealkylation sites (tertiary alicyclic amines) is 1. The lowest BCUT2D eigenvalue weighted by Gasteiger charge is -2.44. The lowest BCUT2D eigenvalue weighted by Crippen LogP contribution is -2.54. The number of carbonyl (C=O) groups excluding carboxylic acids is 1. The summed E-state index contributed by atoms with van der Waals surface area (Å²) in [4.78, 5) is 19.6. The van der Waals surface area contributed by atoms with Gasteiger partial charge < -0.3 is 14.4 Å². The van der Waals surface area contributed by atoms with Crippen LogP contribution in [0.5, 0.6) is 5.88 Å². The second kappa shape index (κ2) is 7.55. The Morgan fingerprint density at radius 2 is 2.04 bits per heavy atom. The standard InChI is InChI=1S/C21H30N2O3/c1-25-21-11-10-17(26-19-9-5-6-13-22-19)15-18(21)23(14-12-21)20(24)16-7-3-2-4-8-16/h5-6,9,13,16-18H,2-4,7-8,10-12,14-15H2,1H3. The molecule has 0 aromatic carbocycles. The summed E-state index contributed by atoms with van der Waals surface area (Å²) < 4.78 is 12.1. The van der Waals surface area contributed by atoms with Gasteiger partial charge in [-0.15, -0.1) is 0 Å². The van der Waals surface area contributed by atoms with Gasteiger partial charge in [0.1, 0.15) is 6.10 Å². The number of pyridine rings is 1. The van der Waals surface area contributed by atoms with Crippen LogP contribution >= 0.6 is 0 Å². The molecule has 4 rings (SSSR count). The predicted octanol–water partition coefficient (Wildman–Crippen LogP) is 3.58. The van der Waals surface area contributed by atoms with Gasteiger partial charge in [-0.05, 0) is 38.2 Å². The molecule has 3 atom stereocenters. The molecule has 0 spiro atoms. The zero-order chi connectivity index (χ0) is 18.0. The normalized spacial score (nSPS) is 32.3. The smallest absolute Gasteiger partial charge is 0.226 e. The Labute approximate surface area is 156 Å². The number of amides is 1. The van der Waals surface area contributed by atoms with Gasteiger partial charge in [-0.1, -0.05) is 25.3 Å². The number of hydrogen-bond acceptors (Lipinski definition) is 4. The number of rotatable bonds is 4. The molecule has 1 aromatic heterocycles. The Morgan fingerprint density at radius 1 is 1.19 bits per heavy atom. The summed E-state index contributed by atoms with van der Waals surface area (Å²) in [5.74, 6) is 1.24. The molecule has 0 bridgehead atoms. The highest BCUT2D eigenvalue weighted by Crippen LogP contribution is 2.44. The highest BCUT2D eigenvalue weighted by molar-refractivity contribution is 5.79. The zero-order valence-electron chi connectivity index (χ0n) is 15.7. The fourth-order valence-corrected chi connectivity index (χ4v) is 5.20. The van der Waals surface area contributed by atoms with Crippen molar-refractivity contribution in [3.63, 3.8) is 0 Å². The molecule has 1 saturated heterocycles. The molecule has 2 heterocycles. The topological polar surface area (TPSA) is 51.7 Å². The number of nitrogens with zero attached hydrogens (tertiary/aromatic N) is 2. The number of methoxy groups -OCH3 is 1. The highest BCUT2D eigenvalue weighted by atomic mass is 16.5. The van der Waals surface area contributed by atoms with Crippen LogP contribution in [0, 0.1) is 5.92 Å². The molecule has 3 fully saturated rings. The first kappa shape index (κ1) is 17.8. The van der Waals surface area contributed by atoms with Crippen LogP contribution in [0.1, 0.15) is 57.8 Å². The Kier molecular flexibility index (Phi) is 5.16. The Bertz CT molecular complexity index is 617. The van der Waals surface area contributed by atoms with Crippen LogP contribution in [-0.4, -0.2) is 47.2 Å². The molecule has 0 N–H and O–H groups in total. The lowest BCUT2D eigenvalue weighted by molar-refractivity contribution is -0.144. The van der Waals surface area contributed by atoms with Gasteiger partial charge in [-0.3, -0.25) is 4.79 Å². The van der Waals surface area contributed by atoms with Gasteiger partial charge in [-0.2, -0.15) is 0 Å². The zero-order valence-corrected chi connectivity index (χ0v) is 15.7. The van der Waals surface area contributed by atoms with Gasteiger partial charge >= 0.3 is 0 Å². The van der Waals surface area contributed by atoms with E-state index >= 15 is 0 Å². The predicted molar refractivity (Wildman–Crippen MR) is 98.9 cm³/mol. The maximum Gasteiger partial charge on any atom is 0.226 e. The summed E-state index contributed by atoms with van der Waals surface area (Å²) in [6, 6.07) is 5.87. The largest absolute Gasteiger partial charge is 0.474 e. The number of ether oxygens (including phenoxy) is 2. The molecule has 1 amide bonds. The van der Waals surface area contributed by atoms with Crippen molar-refractivity contribution in [2.75, 3.05) is 13.7 Å². The van der Waals surface area contributed by atoms with Crippen LogP contribution in [0.2, 0.25) is 0 Å². The van der Waals surface area contributed by atoms with E-state index in [1.807, 2.05) is 25.3 Å². The third kappa shape index (κ3) is 3.34. The van der Waals surface area contributed by atoms with Crippen molar-refractivity contribution in [2.45, 2.75) is 75.5 Å². The van der Waals surface area contributed by atoms with Gasteiger partial charge in [0.2, 0.25) is 11.8 Å². The summed E-state index contributed by atoms with van der Waals surface area (Å²) in [7, 11) is 1.81. The monoisotopic (exact) mass is 358 g/mol. The van der Waals surface area contributed by atoms with E-state index in [4.69, 9.17) is 9.47 Å². The minimum Gasteiger partial charge on any atom is -0.474 e. The molecule has 0 radical (unpaired) electrons. The van der Waals surface area contributed by atoms with Crippen molar-refractivity contribution in [1.29, 1.82) is 0 Å². The van der Waals surface area contributed by atoms with Crippen LogP contribution < -0.4 is 4.74 Å². The van der Waals surface area contributed by atoms with E-state index in [1.165, 1.54) is 19.3 Å². The van der Waals surface area contributed by atoms with Crippen LogP contribution in [0.15, 0.2) is 24.4 Å². The van der Waals surface area contributed by atoms with Crippen LogP contribution in [0.3, 0.4) is 0 Å². The minimum atomic E-state index is -0.186. The molecule has 2 aliphatic carbocycles. The van der Waals surface area contributed by atoms with Crippen LogP contribution in [-0.2, 0) is 9.53 Å². The maximum atomic E-state index is 13.2. The van der Waals surface area contributed by atoms with E-state index in [-0.39, 0.29) is 23.7 Å². The van der Waals surface area contributed by atoms with Gasteiger partial charge in [0, 0.05) is 38.3 Å². The van der Waals surface area contributed by atoms with E-state index in [1.54, 1.807) is 6.20 Å². The summed E-state index contributed by atoms with van der Waals surface area (Å²) in [5.41, 5.74) is -0.186. The molecule has 2 saturated carbocycles. The van der Waals surface area contributed by atoms with Gasteiger partial charge in [0.25, 0.3) is 0 Å². The Morgan fingerprint density at radius 3 is 2.77 bits per heavy atom. The Balaban J connectivity index is 1.48. The molecule has 1 aromatic rings. The number of carbonyl (C=O) groups is 1. The summed E-state index contributed by atoms with van der Waals surface area (Å²) in [6.07, 6.45) is 11.3. The molecular formula is C21H30N2O3. The molecule has 142 valence electrons. The molecule has 3 aliphatic rings. The number of fused-ring (bicyclic) bond motifs is 1.